The molecule has 0 saturated heterocycles. The predicted molar refractivity (Wildman–Crippen MR) is 53.2 cm³/mol. The van der Waals surface area contributed by atoms with Crippen molar-refractivity contribution >= 4 is 8.72 Å². The molecule has 0 aromatic heterocycles. The summed E-state index contributed by atoms with van der Waals surface area (Å²) in [5, 5.41) is 0. The summed E-state index contributed by atoms with van der Waals surface area (Å²) in [6.07, 6.45) is 2.22. The van der Waals surface area contributed by atoms with Crippen molar-refractivity contribution in [1.82, 2.24) is 4.98 Å². The molecule has 0 bridgehead atoms. The van der Waals surface area contributed by atoms with Crippen molar-refractivity contribution in [2.75, 3.05) is 20.8 Å². The third-order valence-corrected chi connectivity index (χ3v) is 5.15. The highest BCUT2D eigenvalue weighted by molar-refractivity contribution is 6.64. The summed E-state index contributed by atoms with van der Waals surface area (Å²) in [6, 6.07) is 1.01. The minimum absolute atomic E-state index is 0.980. The monoisotopic (exact) mass is 191 g/mol. The van der Waals surface area contributed by atoms with Crippen LogP contribution in [0.4, 0.5) is 0 Å². The molecule has 0 atom stereocenters. The van der Waals surface area contributed by atoms with E-state index in [0.717, 1.165) is 25.4 Å². The molecule has 0 radical (unpaired) electrons. The molecule has 0 spiro atoms. The lowest BCUT2D eigenvalue weighted by atomic mass is 10.5. The van der Waals surface area contributed by atoms with Gasteiger partial charge in [0.2, 0.25) is 0 Å². The van der Waals surface area contributed by atoms with Gasteiger partial charge in [0.05, 0.1) is 0 Å². The van der Waals surface area contributed by atoms with Crippen molar-refractivity contribution in [3.05, 3.63) is 0 Å². The Bertz CT molecular complexity index is 107. The van der Waals surface area contributed by atoms with E-state index in [1.165, 1.54) is 0 Å². The van der Waals surface area contributed by atoms with Crippen LogP contribution in [0, 0.1) is 0 Å². The van der Waals surface area contributed by atoms with Gasteiger partial charge in [0.25, 0.3) is 0 Å². The molecule has 0 aromatic rings. The molecule has 0 aromatic carbocycles. The van der Waals surface area contributed by atoms with Crippen LogP contribution in [-0.2, 0) is 8.85 Å². The van der Waals surface area contributed by atoms with Gasteiger partial charge < -0.3 is 8.85 Å². The van der Waals surface area contributed by atoms with E-state index in [1.807, 2.05) is 0 Å². The Morgan fingerprint density at radius 1 is 1.08 bits per heavy atom. The Hall–Kier alpha value is 0.0969. The summed E-state index contributed by atoms with van der Waals surface area (Å²) < 4.78 is 10.9. The molecular formula is C8H21NO2Si. The Balaban J connectivity index is 3.95. The maximum absolute atomic E-state index is 5.44. The lowest BCUT2D eigenvalue weighted by Gasteiger charge is -2.27. The summed E-state index contributed by atoms with van der Waals surface area (Å²) in [4.78, 5) is 3.38. The third-order valence-electron chi connectivity index (χ3n) is 1.88. The molecule has 0 fully saturated rings. The maximum atomic E-state index is 5.44. The molecular weight excluding hydrogens is 170 g/mol. The van der Waals surface area contributed by atoms with Gasteiger partial charge in [-0.05, 0) is 13.0 Å². The summed E-state index contributed by atoms with van der Waals surface area (Å²) in [6.45, 7) is 5.27. The molecule has 0 aliphatic carbocycles. The van der Waals surface area contributed by atoms with Crippen LogP contribution in [0.2, 0.25) is 6.04 Å². The lowest BCUT2D eigenvalue weighted by molar-refractivity contribution is 0.227. The first-order chi connectivity index (χ1) is 5.74. The van der Waals surface area contributed by atoms with Gasteiger partial charge in [-0.3, -0.25) is 4.98 Å². The second-order valence-corrected chi connectivity index (χ2v) is 6.01. The van der Waals surface area contributed by atoms with Gasteiger partial charge in [0, 0.05) is 20.3 Å². The molecule has 0 saturated carbocycles. The van der Waals surface area contributed by atoms with E-state index < -0.39 is 8.72 Å². The Labute approximate surface area is 76.8 Å². The van der Waals surface area contributed by atoms with E-state index in [1.54, 1.807) is 14.2 Å². The smallest absolute Gasteiger partial charge is 0.386 e. The zero-order valence-corrected chi connectivity index (χ0v) is 9.64. The lowest BCUT2D eigenvalue weighted by Crippen LogP contribution is -2.55. The van der Waals surface area contributed by atoms with Crippen molar-refractivity contribution in [1.29, 1.82) is 0 Å². The molecule has 0 rings (SSSR count). The zero-order chi connectivity index (χ0) is 9.45. The fraction of sp³-hybridized carbons (Fsp3) is 1.00. The van der Waals surface area contributed by atoms with Crippen molar-refractivity contribution in [3.63, 3.8) is 0 Å². The van der Waals surface area contributed by atoms with E-state index >= 15 is 0 Å². The molecule has 12 heavy (non-hydrogen) atoms. The van der Waals surface area contributed by atoms with Gasteiger partial charge in [0.15, 0.2) is 0 Å². The quantitative estimate of drug-likeness (QED) is 0.620. The van der Waals surface area contributed by atoms with Crippen LogP contribution >= 0.6 is 0 Å². The van der Waals surface area contributed by atoms with E-state index in [4.69, 9.17) is 8.85 Å². The molecule has 4 heteroatoms. The molecule has 1 N–H and O–H groups in total. The molecule has 3 nitrogen and oxygen atoms in total. The molecule has 0 aliphatic rings. The standard InChI is InChI=1S/C8H21NO2Si/c1-5-7-9-12(10-3,11-4)8-6-2/h9H,5-8H2,1-4H3. The predicted octanol–water partition coefficient (Wildman–Crippen LogP) is 1.63. The molecule has 0 amide bonds. The van der Waals surface area contributed by atoms with Crippen LogP contribution < -0.4 is 4.98 Å². The molecule has 0 unspecified atom stereocenters. The van der Waals surface area contributed by atoms with Crippen molar-refractivity contribution < 1.29 is 8.85 Å². The first-order valence-electron chi connectivity index (χ1n) is 4.60. The molecule has 0 aliphatic heterocycles. The van der Waals surface area contributed by atoms with Gasteiger partial charge >= 0.3 is 8.72 Å². The molecule has 0 heterocycles. The van der Waals surface area contributed by atoms with Crippen LogP contribution in [0.25, 0.3) is 0 Å². The number of rotatable bonds is 7. The topological polar surface area (TPSA) is 30.5 Å². The Morgan fingerprint density at radius 2 is 1.67 bits per heavy atom. The minimum atomic E-state index is -2.01. The zero-order valence-electron chi connectivity index (χ0n) is 8.64. The summed E-state index contributed by atoms with van der Waals surface area (Å²) >= 11 is 0. The number of nitrogens with one attached hydrogen (secondary N) is 1. The fourth-order valence-corrected chi connectivity index (χ4v) is 3.49. The fourth-order valence-electron chi connectivity index (χ4n) is 1.16. The molecule has 74 valence electrons. The first kappa shape index (κ1) is 12.1. The van der Waals surface area contributed by atoms with Gasteiger partial charge in [-0.2, -0.15) is 0 Å². The average molecular weight is 191 g/mol. The van der Waals surface area contributed by atoms with Gasteiger partial charge in [-0.25, -0.2) is 0 Å². The highest BCUT2D eigenvalue weighted by Crippen LogP contribution is 2.10. The summed E-state index contributed by atoms with van der Waals surface area (Å²) in [5.41, 5.74) is 0. The van der Waals surface area contributed by atoms with Gasteiger partial charge in [0.1, 0.15) is 0 Å². The largest absolute Gasteiger partial charge is 0.424 e. The summed E-state index contributed by atoms with van der Waals surface area (Å²) in [7, 11) is 1.45. The van der Waals surface area contributed by atoms with Gasteiger partial charge in [-0.1, -0.05) is 20.3 Å². The van der Waals surface area contributed by atoms with E-state index in [-0.39, 0.29) is 0 Å². The highest BCUT2D eigenvalue weighted by atomic mass is 28.4. The van der Waals surface area contributed by atoms with Crippen LogP contribution in [0.1, 0.15) is 26.7 Å². The SMILES string of the molecule is CCCN[Si](CCC)(OC)OC. The van der Waals surface area contributed by atoms with Gasteiger partial charge in [-0.15, -0.1) is 0 Å². The number of hydrogen-bond acceptors (Lipinski definition) is 3. The van der Waals surface area contributed by atoms with Crippen molar-refractivity contribution in [2.45, 2.75) is 32.7 Å². The Kier molecular flexibility index (Phi) is 6.65. The van der Waals surface area contributed by atoms with Crippen LogP contribution in [0.5, 0.6) is 0 Å². The van der Waals surface area contributed by atoms with Crippen LogP contribution in [-0.4, -0.2) is 29.5 Å². The van der Waals surface area contributed by atoms with Crippen molar-refractivity contribution in [2.24, 2.45) is 0 Å². The second kappa shape index (κ2) is 6.60. The van der Waals surface area contributed by atoms with Crippen LogP contribution in [0.15, 0.2) is 0 Å². The minimum Gasteiger partial charge on any atom is -0.386 e. The summed E-state index contributed by atoms with van der Waals surface area (Å²) in [5.74, 6) is 0. The normalized spacial score (nSPS) is 12.0. The van der Waals surface area contributed by atoms with Crippen molar-refractivity contribution in [3.8, 4) is 0 Å². The third kappa shape index (κ3) is 3.67. The highest BCUT2D eigenvalue weighted by Gasteiger charge is 2.34. The van der Waals surface area contributed by atoms with Crippen LogP contribution in [0.3, 0.4) is 0 Å². The van der Waals surface area contributed by atoms with E-state index in [0.29, 0.717) is 0 Å². The first-order valence-corrected chi connectivity index (χ1v) is 6.62. The second-order valence-electron chi connectivity index (χ2n) is 2.84. The van der Waals surface area contributed by atoms with E-state index in [9.17, 15) is 0 Å². The Morgan fingerprint density at radius 3 is 2.00 bits per heavy atom. The number of hydrogen-bond donors (Lipinski definition) is 1. The average Bonchev–Trinajstić information content (AvgIpc) is 2.13. The maximum Gasteiger partial charge on any atom is 0.424 e. The van der Waals surface area contributed by atoms with E-state index in [2.05, 4.69) is 18.8 Å².